The molecule has 2 rings (SSSR count). The second-order valence-corrected chi connectivity index (χ2v) is 7.08. The fourth-order valence-electron chi connectivity index (χ4n) is 3.39. The van der Waals surface area contributed by atoms with Gasteiger partial charge in [-0.3, -0.25) is 0 Å². The summed E-state index contributed by atoms with van der Waals surface area (Å²) >= 11 is 0. The minimum absolute atomic E-state index is 0.131. The van der Waals surface area contributed by atoms with Crippen LogP contribution in [0.15, 0.2) is 0 Å². The van der Waals surface area contributed by atoms with Crippen LogP contribution >= 0.6 is 0 Å². The molecule has 0 aliphatic carbocycles. The summed E-state index contributed by atoms with van der Waals surface area (Å²) in [6.07, 6.45) is 1.41. The lowest BCUT2D eigenvalue weighted by atomic mass is 9.77. The minimum atomic E-state index is -0.572. The maximum absolute atomic E-state index is 12.2. The molecule has 2 aliphatic heterocycles. The van der Waals surface area contributed by atoms with E-state index >= 15 is 0 Å². The van der Waals surface area contributed by atoms with Crippen LogP contribution in [0.5, 0.6) is 0 Å². The van der Waals surface area contributed by atoms with Crippen LogP contribution in [0.25, 0.3) is 0 Å². The molecule has 6 nitrogen and oxygen atoms in total. The minimum Gasteiger partial charge on any atom is -0.333 e. The summed E-state index contributed by atoms with van der Waals surface area (Å²) in [6, 6.07) is -0.262. The molecule has 1 spiro atoms. The zero-order chi connectivity index (χ0) is 14.6. The Kier molecular flexibility index (Phi) is 2.77. The summed E-state index contributed by atoms with van der Waals surface area (Å²) in [5.41, 5.74) is -1.23. The first-order valence-electron chi connectivity index (χ1n) is 6.61. The number of urea groups is 2. The second-order valence-electron chi connectivity index (χ2n) is 7.08. The van der Waals surface area contributed by atoms with Crippen molar-refractivity contribution < 1.29 is 9.59 Å². The SMILES string of the molecule is CN1C(=O)NC(C)(C)CC12CC(C)(C)NC(=O)N2C. The highest BCUT2D eigenvalue weighted by Crippen LogP contribution is 2.41. The molecule has 0 atom stereocenters. The monoisotopic (exact) mass is 268 g/mol. The van der Waals surface area contributed by atoms with E-state index in [1.807, 2.05) is 27.7 Å². The van der Waals surface area contributed by atoms with Crippen molar-refractivity contribution in [2.75, 3.05) is 14.1 Å². The van der Waals surface area contributed by atoms with Crippen LogP contribution in [0.4, 0.5) is 9.59 Å². The van der Waals surface area contributed by atoms with E-state index in [0.29, 0.717) is 12.8 Å². The standard InChI is InChI=1S/C13H24N4O2/c1-11(2)7-13(16(5)9(18)14-11)8-12(3,4)15-10(19)17(13)6/h7-8H2,1-6H3,(H,14,18)(H,15,19). The van der Waals surface area contributed by atoms with Crippen LogP contribution < -0.4 is 10.6 Å². The van der Waals surface area contributed by atoms with E-state index in [2.05, 4.69) is 10.6 Å². The van der Waals surface area contributed by atoms with E-state index in [0.717, 1.165) is 0 Å². The Bertz CT molecular complexity index is 390. The van der Waals surface area contributed by atoms with E-state index in [9.17, 15) is 9.59 Å². The van der Waals surface area contributed by atoms with Gasteiger partial charge in [-0.15, -0.1) is 0 Å². The third kappa shape index (κ3) is 2.13. The molecule has 0 aromatic carbocycles. The van der Waals surface area contributed by atoms with Gasteiger partial charge in [0.25, 0.3) is 0 Å². The summed E-state index contributed by atoms with van der Waals surface area (Å²) in [5, 5.41) is 5.94. The Hall–Kier alpha value is -1.46. The molecular formula is C13H24N4O2. The third-order valence-electron chi connectivity index (χ3n) is 4.20. The molecule has 0 radical (unpaired) electrons. The smallest absolute Gasteiger partial charge is 0.319 e. The van der Waals surface area contributed by atoms with Crippen molar-refractivity contribution in [3.05, 3.63) is 0 Å². The van der Waals surface area contributed by atoms with Crippen molar-refractivity contribution in [3.63, 3.8) is 0 Å². The molecule has 2 N–H and O–H groups in total. The number of nitrogens with zero attached hydrogens (tertiary/aromatic N) is 2. The number of hydrogen-bond donors (Lipinski definition) is 2. The first-order valence-corrected chi connectivity index (χ1v) is 6.61. The lowest BCUT2D eigenvalue weighted by molar-refractivity contribution is -0.0616. The van der Waals surface area contributed by atoms with Crippen LogP contribution in [0.2, 0.25) is 0 Å². The maximum atomic E-state index is 12.2. The molecule has 0 aromatic heterocycles. The predicted molar refractivity (Wildman–Crippen MR) is 72.7 cm³/mol. The van der Waals surface area contributed by atoms with Gasteiger partial charge in [-0.2, -0.15) is 0 Å². The van der Waals surface area contributed by atoms with Gasteiger partial charge >= 0.3 is 12.1 Å². The number of hydrogen-bond acceptors (Lipinski definition) is 2. The number of rotatable bonds is 0. The summed E-state index contributed by atoms with van der Waals surface area (Å²) in [6.45, 7) is 7.97. The zero-order valence-corrected chi connectivity index (χ0v) is 12.6. The van der Waals surface area contributed by atoms with E-state index in [1.54, 1.807) is 23.9 Å². The van der Waals surface area contributed by atoms with Gasteiger partial charge in [0, 0.05) is 38.0 Å². The topological polar surface area (TPSA) is 64.7 Å². The van der Waals surface area contributed by atoms with Crippen molar-refractivity contribution in [2.24, 2.45) is 0 Å². The number of carbonyl (C=O) groups is 2. The third-order valence-corrected chi connectivity index (χ3v) is 4.20. The highest BCUT2D eigenvalue weighted by Gasteiger charge is 2.56. The van der Waals surface area contributed by atoms with E-state index in [1.165, 1.54) is 0 Å². The molecule has 0 unspecified atom stereocenters. The zero-order valence-electron chi connectivity index (χ0n) is 12.6. The van der Waals surface area contributed by atoms with Crippen LogP contribution in [0, 0.1) is 0 Å². The Morgan fingerprint density at radius 1 is 0.842 bits per heavy atom. The van der Waals surface area contributed by atoms with Crippen molar-refractivity contribution in [1.82, 2.24) is 20.4 Å². The Balaban J connectivity index is 2.47. The van der Waals surface area contributed by atoms with Crippen LogP contribution in [-0.4, -0.2) is 52.7 Å². The van der Waals surface area contributed by atoms with Gasteiger partial charge in [0.05, 0.1) is 0 Å². The van der Waals surface area contributed by atoms with Crippen LogP contribution in [0.3, 0.4) is 0 Å². The van der Waals surface area contributed by atoms with Crippen molar-refractivity contribution >= 4 is 12.1 Å². The van der Waals surface area contributed by atoms with Crippen molar-refractivity contribution in [2.45, 2.75) is 57.3 Å². The summed E-state index contributed by atoms with van der Waals surface area (Å²) < 4.78 is 0. The largest absolute Gasteiger partial charge is 0.333 e. The summed E-state index contributed by atoms with van der Waals surface area (Å²) in [7, 11) is 3.52. The van der Waals surface area contributed by atoms with Gasteiger partial charge in [0.15, 0.2) is 0 Å². The lowest BCUT2D eigenvalue weighted by Gasteiger charge is -2.59. The Morgan fingerprint density at radius 3 is 1.47 bits per heavy atom. The summed E-state index contributed by atoms with van der Waals surface area (Å²) in [4.78, 5) is 27.7. The van der Waals surface area contributed by atoms with Gasteiger partial charge in [0.2, 0.25) is 0 Å². The molecule has 0 aromatic rings. The number of amides is 4. The second kappa shape index (κ2) is 3.77. The highest BCUT2D eigenvalue weighted by atomic mass is 16.2. The fraction of sp³-hybridized carbons (Fsp3) is 0.846. The van der Waals surface area contributed by atoms with Gasteiger partial charge in [0.1, 0.15) is 5.66 Å². The molecule has 2 saturated heterocycles. The van der Waals surface area contributed by atoms with Gasteiger partial charge in [-0.1, -0.05) is 0 Å². The molecule has 0 saturated carbocycles. The van der Waals surface area contributed by atoms with Crippen LogP contribution in [0.1, 0.15) is 40.5 Å². The predicted octanol–water partition coefficient (Wildman–Crippen LogP) is 1.33. The molecule has 0 bridgehead atoms. The number of nitrogens with one attached hydrogen (secondary N) is 2. The van der Waals surface area contributed by atoms with E-state index in [-0.39, 0.29) is 23.1 Å². The van der Waals surface area contributed by atoms with Crippen molar-refractivity contribution in [3.8, 4) is 0 Å². The average Bonchev–Trinajstić information content (AvgIpc) is 2.20. The van der Waals surface area contributed by atoms with Crippen LogP contribution in [-0.2, 0) is 0 Å². The highest BCUT2D eigenvalue weighted by molar-refractivity contribution is 5.81. The molecule has 2 heterocycles. The first-order chi connectivity index (χ1) is 8.49. The van der Waals surface area contributed by atoms with Gasteiger partial charge < -0.3 is 20.4 Å². The molecule has 108 valence electrons. The quantitative estimate of drug-likeness (QED) is 0.696. The van der Waals surface area contributed by atoms with Gasteiger partial charge in [-0.25, -0.2) is 9.59 Å². The normalized spacial score (nSPS) is 28.1. The molecule has 4 amide bonds. The summed E-state index contributed by atoms with van der Waals surface area (Å²) in [5.74, 6) is 0. The van der Waals surface area contributed by atoms with Gasteiger partial charge in [-0.05, 0) is 27.7 Å². The molecular weight excluding hydrogens is 244 g/mol. The number of carbonyl (C=O) groups excluding carboxylic acids is 2. The average molecular weight is 268 g/mol. The molecule has 6 heteroatoms. The fourth-order valence-corrected chi connectivity index (χ4v) is 3.39. The lowest BCUT2D eigenvalue weighted by Crippen LogP contribution is -2.78. The Labute approximate surface area is 114 Å². The van der Waals surface area contributed by atoms with E-state index in [4.69, 9.17) is 0 Å². The van der Waals surface area contributed by atoms with E-state index < -0.39 is 5.66 Å². The van der Waals surface area contributed by atoms with Crippen molar-refractivity contribution in [1.29, 1.82) is 0 Å². The Morgan fingerprint density at radius 2 is 1.16 bits per heavy atom. The molecule has 2 aliphatic rings. The maximum Gasteiger partial charge on any atom is 0.319 e. The first kappa shape index (κ1) is 14.0. The molecule has 19 heavy (non-hydrogen) atoms. The molecule has 2 fully saturated rings.